The van der Waals surface area contributed by atoms with Crippen LogP contribution in [0, 0.1) is 41.8 Å². The number of nitrogens with zero attached hydrogens (tertiary/aromatic N) is 6. The largest absolute Gasteiger partial charge is 0.461 e. The highest BCUT2D eigenvalue weighted by Gasteiger charge is 2.24. The zero-order valence-electron chi connectivity index (χ0n) is 29.5. The van der Waals surface area contributed by atoms with Crippen LogP contribution >= 0.6 is 31.9 Å². The van der Waals surface area contributed by atoms with Gasteiger partial charge < -0.3 is 14.2 Å². The quantitative estimate of drug-likeness (QED) is 0.0388. The van der Waals surface area contributed by atoms with Crippen molar-refractivity contribution in [1.82, 2.24) is 29.5 Å². The standard InChI is InChI=1S/C19H15BrF3N3O4.C17H11BrF3N3O3/c1-28-6-7-29-17(27)10-30-19-24-18(13-4-3-12(21)9-14(13)22)26(25-19)16-5-2-11(20)8-15(16)23;1-8-12(19)5-6-14(15(8)21)24-16(11-4-3-10(18)7-13(11)20)22-17(23-24)27-26-9(2)25/h2-5,8-9H,6-7,10H2,1H3;3-7H,1-2H3. The van der Waals surface area contributed by atoms with Gasteiger partial charge in [-0.15, -0.1) is 10.2 Å². The van der Waals surface area contributed by atoms with Crippen LogP contribution in [0.15, 0.2) is 75.7 Å². The Morgan fingerprint density at radius 1 is 0.702 bits per heavy atom. The van der Waals surface area contributed by atoms with Gasteiger partial charge in [-0.05, 0) is 67.6 Å². The molecule has 0 N–H and O–H groups in total. The van der Waals surface area contributed by atoms with Crippen LogP contribution in [0.2, 0.25) is 0 Å². The van der Waals surface area contributed by atoms with Crippen molar-refractivity contribution in [2.75, 3.05) is 26.9 Å². The number of esters is 1. The molecule has 6 rings (SSSR count). The first-order valence-corrected chi connectivity index (χ1v) is 17.6. The Kier molecular flexibility index (Phi) is 14.0. The van der Waals surface area contributed by atoms with Crippen LogP contribution in [-0.2, 0) is 24.0 Å². The third-order valence-electron chi connectivity index (χ3n) is 7.29. The van der Waals surface area contributed by atoms with Crippen molar-refractivity contribution >= 4 is 43.8 Å². The molecule has 0 amide bonds. The summed E-state index contributed by atoms with van der Waals surface area (Å²) >= 11 is 6.29. The number of hydrogen-bond acceptors (Lipinski definition) is 11. The smallest absolute Gasteiger partial charge is 0.386 e. The van der Waals surface area contributed by atoms with Gasteiger partial charge in [-0.1, -0.05) is 31.9 Å². The number of methoxy groups -OCH3 is 1. The minimum absolute atomic E-state index is 0.0234. The van der Waals surface area contributed by atoms with Crippen LogP contribution in [0.5, 0.6) is 12.0 Å². The van der Waals surface area contributed by atoms with Crippen molar-refractivity contribution in [1.29, 1.82) is 0 Å². The van der Waals surface area contributed by atoms with Gasteiger partial charge >= 0.3 is 24.0 Å². The molecule has 2 heterocycles. The molecule has 0 aliphatic rings. The molecule has 13 nitrogen and oxygen atoms in total. The number of hydrogen-bond donors (Lipinski definition) is 0. The van der Waals surface area contributed by atoms with Crippen molar-refractivity contribution in [3.63, 3.8) is 0 Å². The summed E-state index contributed by atoms with van der Waals surface area (Å²) in [4.78, 5) is 39.6. The Balaban J connectivity index is 0.000000219. The highest BCUT2D eigenvalue weighted by atomic mass is 79.9. The first-order valence-electron chi connectivity index (χ1n) is 16.0. The van der Waals surface area contributed by atoms with Crippen LogP contribution in [0.3, 0.4) is 0 Å². The van der Waals surface area contributed by atoms with Gasteiger partial charge in [0.2, 0.25) is 0 Å². The Labute approximate surface area is 335 Å². The van der Waals surface area contributed by atoms with E-state index in [-0.39, 0.29) is 58.9 Å². The summed E-state index contributed by atoms with van der Waals surface area (Å²) in [5, 5.41) is 7.90. The van der Waals surface area contributed by atoms with Gasteiger partial charge in [-0.25, -0.2) is 55.1 Å². The van der Waals surface area contributed by atoms with E-state index in [1.54, 1.807) is 12.1 Å². The zero-order chi connectivity index (χ0) is 41.4. The van der Waals surface area contributed by atoms with E-state index in [2.05, 4.69) is 61.8 Å². The monoisotopic (exact) mass is 926 g/mol. The van der Waals surface area contributed by atoms with Gasteiger partial charge in [0.05, 0.1) is 17.7 Å². The van der Waals surface area contributed by atoms with Crippen molar-refractivity contribution in [3.05, 3.63) is 116 Å². The average Bonchev–Trinajstić information content (AvgIpc) is 3.77. The lowest BCUT2D eigenvalue weighted by Gasteiger charge is -2.09. The van der Waals surface area contributed by atoms with Crippen LogP contribution in [0.4, 0.5) is 26.3 Å². The maximum atomic E-state index is 14.6. The van der Waals surface area contributed by atoms with Gasteiger partial charge in [0, 0.05) is 34.6 Å². The van der Waals surface area contributed by atoms with E-state index in [0.29, 0.717) is 15.0 Å². The second-order valence-electron chi connectivity index (χ2n) is 11.3. The molecule has 0 atom stereocenters. The third-order valence-corrected chi connectivity index (χ3v) is 8.28. The van der Waals surface area contributed by atoms with Crippen molar-refractivity contribution < 1.29 is 59.9 Å². The van der Waals surface area contributed by atoms with Gasteiger partial charge in [0.1, 0.15) is 47.1 Å². The lowest BCUT2D eigenvalue weighted by atomic mass is 10.1. The summed E-state index contributed by atoms with van der Waals surface area (Å²) in [5.41, 5.74) is -0.639. The molecule has 298 valence electrons. The molecule has 6 aromatic rings. The Morgan fingerprint density at radius 3 is 1.91 bits per heavy atom. The molecule has 0 aliphatic heterocycles. The molecule has 57 heavy (non-hydrogen) atoms. The summed E-state index contributed by atoms with van der Waals surface area (Å²) in [6.45, 7) is 2.07. The maximum Gasteiger partial charge on any atom is 0.386 e. The number of halogens is 8. The Bertz CT molecular complexity index is 2360. The highest BCUT2D eigenvalue weighted by molar-refractivity contribution is 9.10. The second-order valence-corrected chi connectivity index (χ2v) is 13.1. The first kappa shape index (κ1) is 42.3. The number of carbonyl (C=O) groups is 2. The zero-order valence-corrected chi connectivity index (χ0v) is 32.7. The Morgan fingerprint density at radius 2 is 1.28 bits per heavy atom. The molecule has 0 saturated heterocycles. The number of aromatic nitrogens is 6. The van der Waals surface area contributed by atoms with E-state index in [1.807, 2.05) is 0 Å². The topological polar surface area (TPSA) is 142 Å². The summed E-state index contributed by atoms with van der Waals surface area (Å²) in [7, 11) is 1.46. The van der Waals surface area contributed by atoms with Gasteiger partial charge in [0.15, 0.2) is 24.1 Å². The predicted octanol–water partition coefficient (Wildman–Crippen LogP) is 7.96. The molecule has 0 aliphatic carbocycles. The Hall–Kier alpha value is -5.80. The molecule has 0 radical (unpaired) electrons. The van der Waals surface area contributed by atoms with E-state index < -0.39 is 59.5 Å². The molecule has 0 saturated carbocycles. The fourth-order valence-electron chi connectivity index (χ4n) is 4.67. The molecule has 2 aromatic heterocycles. The molecule has 0 spiro atoms. The molecular formula is C36H26Br2F6N6O7. The van der Waals surface area contributed by atoms with Crippen molar-refractivity contribution in [3.8, 4) is 46.2 Å². The molecule has 0 unspecified atom stereocenters. The van der Waals surface area contributed by atoms with Gasteiger partial charge in [-0.3, -0.25) is 0 Å². The van der Waals surface area contributed by atoms with Crippen LogP contribution in [0.25, 0.3) is 34.2 Å². The van der Waals surface area contributed by atoms with Gasteiger partial charge in [0.25, 0.3) is 0 Å². The number of rotatable bonds is 12. The number of ether oxygens (including phenoxy) is 3. The lowest BCUT2D eigenvalue weighted by Crippen LogP contribution is -2.17. The number of carbonyl (C=O) groups excluding carboxylic acids is 2. The summed E-state index contributed by atoms with van der Waals surface area (Å²) in [6, 6.07) is 12.5. The second kappa shape index (κ2) is 18.9. The van der Waals surface area contributed by atoms with Crippen LogP contribution < -0.4 is 9.62 Å². The fraction of sp³-hybridized carbons (Fsp3) is 0.167. The summed E-state index contributed by atoms with van der Waals surface area (Å²) < 4.78 is 102. The maximum absolute atomic E-state index is 14.6. The predicted molar refractivity (Wildman–Crippen MR) is 194 cm³/mol. The molecule has 4 aromatic carbocycles. The fourth-order valence-corrected chi connectivity index (χ4v) is 5.34. The number of benzene rings is 4. The van der Waals surface area contributed by atoms with E-state index in [4.69, 9.17) is 14.2 Å². The molecular weight excluding hydrogens is 902 g/mol. The highest BCUT2D eigenvalue weighted by Crippen LogP contribution is 2.31. The van der Waals surface area contributed by atoms with Crippen LogP contribution in [0.1, 0.15) is 12.5 Å². The van der Waals surface area contributed by atoms with E-state index >= 15 is 0 Å². The van der Waals surface area contributed by atoms with Crippen molar-refractivity contribution in [2.45, 2.75) is 13.8 Å². The summed E-state index contributed by atoms with van der Waals surface area (Å²) in [5.74, 6) is -6.45. The molecule has 0 fully saturated rings. The molecule has 21 heteroatoms. The minimum Gasteiger partial charge on any atom is -0.461 e. The lowest BCUT2D eigenvalue weighted by molar-refractivity contribution is -0.214. The summed E-state index contributed by atoms with van der Waals surface area (Å²) in [6.07, 6.45) is 0. The van der Waals surface area contributed by atoms with E-state index in [0.717, 1.165) is 40.6 Å². The van der Waals surface area contributed by atoms with E-state index in [9.17, 15) is 35.9 Å². The minimum atomic E-state index is -0.924. The van der Waals surface area contributed by atoms with Crippen molar-refractivity contribution in [2.24, 2.45) is 0 Å². The average molecular weight is 928 g/mol. The van der Waals surface area contributed by atoms with E-state index in [1.165, 1.54) is 38.3 Å². The molecule has 0 bridgehead atoms. The normalized spacial score (nSPS) is 10.8. The van der Waals surface area contributed by atoms with Gasteiger partial charge in [-0.2, -0.15) is 9.97 Å². The SMILES string of the molecule is CC(=O)OOc1nc(-c2ccc(Br)cc2F)n(-c2ccc(F)c(C)c2F)n1.COCCOC(=O)COc1nc(-c2ccc(F)cc2F)n(-c2ccc(Br)cc2F)n1. The van der Waals surface area contributed by atoms with Crippen LogP contribution in [-0.4, -0.2) is 68.4 Å². The first-order chi connectivity index (χ1) is 27.2. The third kappa shape index (κ3) is 10.5.